The minimum absolute atomic E-state index is 0.00331. The molecule has 2 aromatic rings. The summed E-state index contributed by atoms with van der Waals surface area (Å²) in [6.07, 6.45) is 1.27. The lowest BCUT2D eigenvalue weighted by molar-refractivity contribution is -0.141. The predicted molar refractivity (Wildman–Crippen MR) is 109 cm³/mol. The van der Waals surface area contributed by atoms with Crippen LogP contribution in [0.2, 0.25) is 0 Å². The molecule has 2 atom stereocenters. The van der Waals surface area contributed by atoms with Crippen LogP contribution in [0.25, 0.3) is 0 Å². The molecule has 156 valence electrons. The minimum atomic E-state index is -0.651. The lowest BCUT2D eigenvalue weighted by Gasteiger charge is -2.31. The summed E-state index contributed by atoms with van der Waals surface area (Å²) in [6, 6.07) is 10.9. The number of benzene rings is 2. The van der Waals surface area contributed by atoms with Gasteiger partial charge in [0, 0.05) is 12.6 Å². The highest BCUT2D eigenvalue weighted by Gasteiger charge is 2.29. The number of hydrogen-bond donors (Lipinski definition) is 1. The number of rotatable bonds is 9. The minimum Gasteiger partial charge on any atom is -0.352 e. The molecule has 2 rings (SSSR count). The van der Waals surface area contributed by atoms with Gasteiger partial charge in [0.05, 0.1) is 6.42 Å². The Kier molecular flexibility index (Phi) is 8.31. The molecule has 0 aliphatic rings. The average Bonchev–Trinajstić information content (AvgIpc) is 2.70. The first kappa shape index (κ1) is 22.5. The van der Waals surface area contributed by atoms with E-state index in [4.69, 9.17) is 0 Å². The largest absolute Gasteiger partial charge is 0.352 e. The normalized spacial score (nSPS) is 12.9. The highest BCUT2D eigenvalue weighted by molar-refractivity contribution is 5.88. The number of nitrogens with zero attached hydrogens (tertiary/aromatic N) is 1. The SMILES string of the molecule is CC[C@@H](C)NC(=O)[C@H](CC)N(Cc1ccc(F)cc1)C(=O)Cc1ccc(F)cc1. The molecule has 0 aliphatic heterocycles. The van der Waals surface area contributed by atoms with Gasteiger partial charge in [-0.15, -0.1) is 0 Å². The molecular formula is C23H28F2N2O2. The zero-order valence-electron chi connectivity index (χ0n) is 17.1. The molecule has 0 saturated heterocycles. The molecular weight excluding hydrogens is 374 g/mol. The second kappa shape index (κ2) is 10.7. The molecule has 6 heteroatoms. The third-order valence-electron chi connectivity index (χ3n) is 4.92. The van der Waals surface area contributed by atoms with E-state index in [9.17, 15) is 18.4 Å². The first-order valence-electron chi connectivity index (χ1n) is 9.92. The smallest absolute Gasteiger partial charge is 0.243 e. The van der Waals surface area contributed by atoms with E-state index < -0.39 is 6.04 Å². The summed E-state index contributed by atoms with van der Waals surface area (Å²) < 4.78 is 26.4. The fraction of sp³-hybridized carbons (Fsp3) is 0.391. The highest BCUT2D eigenvalue weighted by atomic mass is 19.1. The number of carbonyl (C=O) groups excluding carboxylic acids is 2. The predicted octanol–water partition coefficient (Wildman–Crippen LogP) is 4.23. The van der Waals surface area contributed by atoms with Crippen molar-refractivity contribution < 1.29 is 18.4 Å². The summed E-state index contributed by atoms with van der Waals surface area (Å²) in [5, 5.41) is 2.94. The van der Waals surface area contributed by atoms with Gasteiger partial charge < -0.3 is 10.2 Å². The van der Waals surface area contributed by atoms with Gasteiger partial charge in [0.1, 0.15) is 17.7 Å². The molecule has 4 nitrogen and oxygen atoms in total. The maximum atomic E-state index is 13.3. The molecule has 0 aliphatic carbocycles. The first-order chi connectivity index (χ1) is 13.8. The van der Waals surface area contributed by atoms with Crippen LogP contribution < -0.4 is 5.32 Å². The molecule has 29 heavy (non-hydrogen) atoms. The van der Waals surface area contributed by atoms with Crippen molar-refractivity contribution in [3.8, 4) is 0 Å². The summed E-state index contributed by atoms with van der Waals surface area (Å²) in [4.78, 5) is 27.4. The molecule has 1 N–H and O–H groups in total. The Morgan fingerprint density at radius 3 is 1.90 bits per heavy atom. The van der Waals surface area contributed by atoms with Gasteiger partial charge in [0.15, 0.2) is 0 Å². The third-order valence-corrected chi connectivity index (χ3v) is 4.92. The fourth-order valence-electron chi connectivity index (χ4n) is 3.03. The van der Waals surface area contributed by atoms with Crippen LogP contribution in [-0.2, 0) is 22.6 Å². The molecule has 0 unspecified atom stereocenters. The monoisotopic (exact) mass is 402 g/mol. The van der Waals surface area contributed by atoms with Crippen molar-refractivity contribution in [2.45, 2.75) is 58.7 Å². The number of carbonyl (C=O) groups is 2. The van der Waals surface area contributed by atoms with Gasteiger partial charge in [-0.3, -0.25) is 9.59 Å². The molecule has 0 aromatic heterocycles. The summed E-state index contributed by atoms with van der Waals surface area (Å²) in [5.74, 6) is -1.19. The van der Waals surface area contributed by atoms with Crippen molar-refractivity contribution >= 4 is 11.8 Å². The van der Waals surface area contributed by atoms with Gasteiger partial charge >= 0.3 is 0 Å². The quantitative estimate of drug-likeness (QED) is 0.682. The Hall–Kier alpha value is -2.76. The van der Waals surface area contributed by atoms with Gasteiger partial charge in [-0.2, -0.15) is 0 Å². The van der Waals surface area contributed by atoms with E-state index in [1.54, 1.807) is 24.3 Å². The highest BCUT2D eigenvalue weighted by Crippen LogP contribution is 2.16. The van der Waals surface area contributed by atoms with Crippen molar-refractivity contribution in [2.24, 2.45) is 0 Å². The van der Waals surface area contributed by atoms with Gasteiger partial charge in [-0.05, 0) is 55.2 Å². The maximum Gasteiger partial charge on any atom is 0.243 e. The van der Waals surface area contributed by atoms with Gasteiger partial charge in [0.2, 0.25) is 11.8 Å². The van der Waals surface area contributed by atoms with Crippen LogP contribution in [0.4, 0.5) is 8.78 Å². The van der Waals surface area contributed by atoms with E-state index in [1.807, 2.05) is 20.8 Å². The van der Waals surface area contributed by atoms with Gasteiger partial charge in [-0.25, -0.2) is 8.78 Å². The van der Waals surface area contributed by atoms with Crippen LogP contribution >= 0.6 is 0 Å². The Labute approximate surface area is 170 Å². The van der Waals surface area contributed by atoms with Gasteiger partial charge in [0.25, 0.3) is 0 Å². The average molecular weight is 402 g/mol. The molecule has 0 fully saturated rings. The van der Waals surface area contributed by atoms with Crippen molar-refractivity contribution in [1.29, 1.82) is 0 Å². The molecule has 0 bridgehead atoms. The lowest BCUT2D eigenvalue weighted by atomic mass is 10.1. The molecule has 0 radical (unpaired) electrons. The third kappa shape index (κ3) is 6.66. The standard InChI is InChI=1S/C23H28F2N2O2/c1-4-16(3)26-23(29)21(5-2)27(15-18-8-12-20(25)13-9-18)22(28)14-17-6-10-19(24)11-7-17/h6-13,16,21H,4-5,14-15H2,1-3H3,(H,26,29)/t16-,21+/m1/s1. The van der Waals surface area contributed by atoms with Crippen LogP contribution in [-0.4, -0.2) is 28.8 Å². The second-order valence-corrected chi connectivity index (χ2v) is 7.19. The van der Waals surface area contributed by atoms with Crippen LogP contribution in [0.5, 0.6) is 0 Å². The van der Waals surface area contributed by atoms with E-state index in [1.165, 1.54) is 29.2 Å². The van der Waals surface area contributed by atoms with Crippen molar-refractivity contribution in [2.75, 3.05) is 0 Å². The van der Waals surface area contributed by atoms with E-state index in [0.717, 1.165) is 12.0 Å². The van der Waals surface area contributed by atoms with Crippen molar-refractivity contribution in [1.82, 2.24) is 10.2 Å². The first-order valence-corrected chi connectivity index (χ1v) is 9.92. The zero-order valence-corrected chi connectivity index (χ0v) is 17.1. The summed E-state index contributed by atoms with van der Waals surface area (Å²) in [5.41, 5.74) is 1.39. The number of amides is 2. The zero-order chi connectivity index (χ0) is 21.4. The second-order valence-electron chi connectivity index (χ2n) is 7.19. The number of halogens is 2. The summed E-state index contributed by atoms with van der Waals surface area (Å²) in [7, 11) is 0. The molecule has 0 spiro atoms. The summed E-state index contributed by atoms with van der Waals surface area (Å²) >= 11 is 0. The van der Waals surface area contributed by atoms with E-state index in [-0.39, 0.29) is 42.5 Å². The van der Waals surface area contributed by atoms with Crippen molar-refractivity contribution in [3.05, 3.63) is 71.3 Å². The van der Waals surface area contributed by atoms with Crippen LogP contribution in [0, 0.1) is 11.6 Å². The van der Waals surface area contributed by atoms with Crippen LogP contribution in [0.15, 0.2) is 48.5 Å². The maximum absolute atomic E-state index is 13.3. The van der Waals surface area contributed by atoms with Crippen LogP contribution in [0.3, 0.4) is 0 Å². The number of hydrogen-bond acceptors (Lipinski definition) is 2. The van der Waals surface area contributed by atoms with E-state index in [0.29, 0.717) is 12.0 Å². The molecule has 2 aromatic carbocycles. The number of nitrogens with one attached hydrogen (secondary N) is 1. The molecule has 0 heterocycles. The Morgan fingerprint density at radius 1 is 0.897 bits per heavy atom. The van der Waals surface area contributed by atoms with E-state index in [2.05, 4.69) is 5.32 Å². The molecule has 0 saturated carbocycles. The van der Waals surface area contributed by atoms with E-state index >= 15 is 0 Å². The lowest BCUT2D eigenvalue weighted by Crippen LogP contribution is -2.51. The Balaban J connectivity index is 2.26. The Morgan fingerprint density at radius 2 is 1.41 bits per heavy atom. The van der Waals surface area contributed by atoms with Crippen molar-refractivity contribution in [3.63, 3.8) is 0 Å². The van der Waals surface area contributed by atoms with Gasteiger partial charge in [-0.1, -0.05) is 38.1 Å². The van der Waals surface area contributed by atoms with Crippen LogP contribution in [0.1, 0.15) is 44.7 Å². The Bertz CT molecular complexity index is 807. The topological polar surface area (TPSA) is 49.4 Å². The molecule has 2 amide bonds. The fourth-order valence-corrected chi connectivity index (χ4v) is 3.03. The summed E-state index contributed by atoms with van der Waals surface area (Å²) in [6.45, 7) is 5.92.